The van der Waals surface area contributed by atoms with Gasteiger partial charge in [-0.3, -0.25) is 4.79 Å². The summed E-state index contributed by atoms with van der Waals surface area (Å²) in [6.45, 7) is 4.04. The Labute approximate surface area is 121 Å². The highest BCUT2D eigenvalue weighted by atomic mass is 16.2. The maximum Gasteiger partial charge on any atom is 0.226 e. The van der Waals surface area contributed by atoms with Crippen molar-refractivity contribution in [1.29, 1.82) is 0 Å². The first-order chi connectivity index (χ1) is 9.63. The molecule has 3 heteroatoms. The van der Waals surface area contributed by atoms with Crippen LogP contribution in [0.15, 0.2) is 30.3 Å². The van der Waals surface area contributed by atoms with Crippen LogP contribution < -0.4 is 5.32 Å². The maximum atomic E-state index is 12.5. The summed E-state index contributed by atoms with van der Waals surface area (Å²) in [5, 5.41) is 3.38. The molecule has 1 amide bonds. The van der Waals surface area contributed by atoms with Crippen molar-refractivity contribution in [2.75, 3.05) is 20.1 Å². The van der Waals surface area contributed by atoms with E-state index in [-0.39, 0.29) is 11.5 Å². The molecule has 0 aromatic heterocycles. The Morgan fingerprint density at radius 3 is 2.50 bits per heavy atom. The molecule has 1 N–H and O–H groups in total. The van der Waals surface area contributed by atoms with E-state index in [0.717, 1.165) is 32.4 Å². The Morgan fingerprint density at radius 2 is 1.90 bits per heavy atom. The number of nitrogens with zero attached hydrogens (tertiary/aromatic N) is 1. The molecule has 3 nitrogen and oxygen atoms in total. The van der Waals surface area contributed by atoms with Crippen molar-refractivity contribution < 1.29 is 4.79 Å². The van der Waals surface area contributed by atoms with Gasteiger partial charge in [-0.05, 0) is 44.7 Å². The number of carbonyl (C=O) groups excluding carboxylic acids is 1. The van der Waals surface area contributed by atoms with E-state index < -0.39 is 0 Å². The zero-order valence-corrected chi connectivity index (χ0v) is 12.4. The molecule has 0 spiro atoms. The average Bonchev–Trinajstić information content (AvgIpc) is 3.29. The average molecular weight is 272 g/mol. The topological polar surface area (TPSA) is 32.3 Å². The molecule has 1 aliphatic heterocycles. The van der Waals surface area contributed by atoms with Crippen molar-refractivity contribution in [2.24, 2.45) is 5.92 Å². The van der Waals surface area contributed by atoms with Gasteiger partial charge in [0.05, 0.1) is 0 Å². The van der Waals surface area contributed by atoms with Crippen molar-refractivity contribution in [2.45, 2.75) is 37.6 Å². The Hall–Kier alpha value is -1.35. The van der Waals surface area contributed by atoms with E-state index in [9.17, 15) is 4.79 Å². The number of amides is 1. The first-order valence-corrected chi connectivity index (χ1v) is 7.66. The van der Waals surface area contributed by atoms with Gasteiger partial charge in [-0.15, -0.1) is 0 Å². The van der Waals surface area contributed by atoms with Crippen LogP contribution in [0.4, 0.5) is 0 Å². The van der Waals surface area contributed by atoms with E-state index in [1.165, 1.54) is 5.56 Å². The second-order valence-electron chi connectivity index (χ2n) is 6.50. The van der Waals surface area contributed by atoms with Gasteiger partial charge in [-0.2, -0.15) is 0 Å². The molecule has 0 radical (unpaired) electrons. The van der Waals surface area contributed by atoms with Crippen LogP contribution in [0.3, 0.4) is 0 Å². The molecular formula is C17H24N2O. The lowest BCUT2D eigenvalue weighted by molar-refractivity contribution is -0.134. The SMILES string of the molecule is CNC1(C)CCN(C(=O)C2CC2c2ccccc2)CC1. The van der Waals surface area contributed by atoms with Gasteiger partial charge in [0.15, 0.2) is 0 Å². The lowest BCUT2D eigenvalue weighted by Gasteiger charge is -2.39. The predicted octanol–water partition coefficient (Wildman–Crippen LogP) is 2.39. The van der Waals surface area contributed by atoms with Crippen LogP contribution in [-0.4, -0.2) is 36.5 Å². The minimum atomic E-state index is 0.208. The first-order valence-electron chi connectivity index (χ1n) is 7.66. The van der Waals surface area contributed by atoms with Gasteiger partial charge in [0, 0.05) is 24.5 Å². The van der Waals surface area contributed by atoms with Gasteiger partial charge < -0.3 is 10.2 Å². The Kier molecular flexibility index (Phi) is 3.55. The number of nitrogens with one attached hydrogen (secondary N) is 1. The molecule has 20 heavy (non-hydrogen) atoms. The second-order valence-corrected chi connectivity index (χ2v) is 6.50. The van der Waals surface area contributed by atoms with Gasteiger partial charge in [-0.1, -0.05) is 30.3 Å². The third kappa shape index (κ3) is 2.59. The summed E-state index contributed by atoms with van der Waals surface area (Å²) in [5.41, 5.74) is 1.53. The molecule has 3 rings (SSSR count). The summed E-state index contributed by atoms with van der Waals surface area (Å²) >= 11 is 0. The van der Waals surface area contributed by atoms with E-state index in [2.05, 4.69) is 41.4 Å². The summed E-state index contributed by atoms with van der Waals surface area (Å²) in [5.74, 6) is 1.06. The number of hydrogen-bond acceptors (Lipinski definition) is 2. The minimum absolute atomic E-state index is 0.208. The number of hydrogen-bond donors (Lipinski definition) is 1. The summed E-state index contributed by atoms with van der Waals surface area (Å²) < 4.78 is 0. The van der Waals surface area contributed by atoms with Crippen LogP contribution >= 0.6 is 0 Å². The van der Waals surface area contributed by atoms with Crippen molar-refractivity contribution in [3.63, 3.8) is 0 Å². The molecule has 2 unspecified atom stereocenters. The smallest absolute Gasteiger partial charge is 0.226 e. The molecule has 1 aromatic carbocycles. The van der Waals surface area contributed by atoms with Gasteiger partial charge in [0.2, 0.25) is 5.91 Å². The van der Waals surface area contributed by atoms with Crippen molar-refractivity contribution >= 4 is 5.91 Å². The van der Waals surface area contributed by atoms with Gasteiger partial charge in [0.25, 0.3) is 0 Å². The van der Waals surface area contributed by atoms with Crippen LogP contribution in [-0.2, 0) is 4.79 Å². The van der Waals surface area contributed by atoms with Crippen LogP contribution in [0.25, 0.3) is 0 Å². The number of piperidine rings is 1. The fraction of sp³-hybridized carbons (Fsp3) is 0.588. The number of carbonyl (C=O) groups is 1. The summed E-state index contributed by atoms with van der Waals surface area (Å²) in [7, 11) is 2.02. The highest BCUT2D eigenvalue weighted by molar-refractivity contribution is 5.83. The first kappa shape index (κ1) is 13.6. The van der Waals surface area contributed by atoms with Gasteiger partial charge >= 0.3 is 0 Å². The highest BCUT2D eigenvalue weighted by Gasteiger charge is 2.46. The lowest BCUT2D eigenvalue weighted by atomic mass is 9.89. The van der Waals surface area contributed by atoms with Crippen LogP contribution in [0.5, 0.6) is 0 Å². The number of benzene rings is 1. The predicted molar refractivity (Wildman–Crippen MR) is 80.6 cm³/mol. The minimum Gasteiger partial charge on any atom is -0.342 e. The molecule has 1 aromatic rings. The molecular weight excluding hydrogens is 248 g/mol. The monoisotopic (exact) mass is 272 g/mol. The zero-order chi connectivity index (χ0) is 14.2. The second kappa shape index (κ2) is 5.21. The van der Waals surface area contributed by atoms with Gasteiger partial charge in [-0.25, -0.2) is 0 Å². The molecule has 2 fully saturated rings. The summed E-state index contributed by atoms with van der Waals surface area (Å²) in [6, 6.07) is 10.5. The molecule has 1 aliphatic carbocycles. The quantitative estimate of drug-likeness (QED) is 0.916. The van der Waals surface area contributed by atoms with Crippen molar-refractivity contribution in [1.82, 2.24) is 10.2 Å². The van der Waals surface area contributed by atoms with Gasteiger partial charge in [0.1, 0.15) is 0 Å². The van der Waals surface area contributed by atoms with E-state index in [1.54, 1.807) is 0 Å². The zero-order valence-electron chi connectivity index (χ0n) is 12.4. The standard InChI is InChI=1S/C17H24N2O/c1-17(18-2)8-10-19(11-9-17)16(20)15-12-14(15)13-6-4-3-5-7-13/h3-7,14-15,18H,8-12H2,1-2H3. The van der Waals surface area contributed by atoms with Crippen LogP contribution in [0.2, 0.25) is 0 Å². The molecule has 2 atom stereocenters. The van der Waals surface area contributed by atoms with E-state index in [1.807, 2.05) is 13.1 Å². The third-order valence-corrected chi connectivity index (χ3v) is 5.12. The summed E-state index contributed by atoms with van der Waals surface area (Å²) in [6.07, 6.45) is 3.14. The number of likely N-dealkylation sites (tertiary alicyclic amines) is 1. The largest absolute Gasteiger partial charge is 0.342 e. The van der Waals surface area contributed by atoms with E-state index >= 15 is 0 Å². The molecule has 1 heterocycles. The van der Waals surface area contributed by atoms with Crippen LogP contribution in [0, 0.1) is 5.92 Å². The van der Waals surface area contributed by atoms with E-state index in [4.69, 9.17) is 0 Å². The highest BCUT2D eigenvalue weighted by Crippen LogP contribution is 2.48. The normalized spacial score (nSPS) is 28.2. The lowest BCUT2D eigenvalue weighted by Crippen LogP contribution is -2.51. The fourth-order valence-electron chi connectivity index (χ4n) is 3.24. The molecule has 2 aliphatic rings. The Balaban J connectivity index is 1.57. The summed E-state index contributed by atoms with van der Waals surface area (Å²) in [4.78, 5) is 14.6. The van der Waals surface area contributed by atoms with Crippen molar-refractivity contribution in [3.8, 4) is 0 Å². The Bertz CT molecular complexity index is 477. The maximum absolute atomic E-state index is 12.5. The van der Waals surface area contributed by atoms with Crippen LogP contribution in [0.1, 0.15) is 37.7 Å². The molecule has 1 saturated carbocycles. The van der Waals surface area contributed by atoms with E-state index in [0.29, 0.717) is 11.8 Å². The third-order valence-electron chi connectivity index (χ3n) is 5.12. The molecule has 0 bridgehead atoms. The molecule has 108 valence electrons. The fourth-order valence-corrected chi connectivity index (χ4v) is 3.24. The molecule has 1 saturated heterocycles. The number of rotatable bonds is 3. The Morgan fingerprint density at radius 1 is 1.25 bits per heavy atom. The van der Waals surface area contributed by atoms with Crippen molar-refractivity contribution in [3.05, 3.63) is 35.9 Å².